The first-order chi connectivity index (χ1) is 20.3. The van der Waals surface area contributed by atoms with E-state index in [0.717, 1.165) is 40.1 Å². The number of nitrogens with zero attached hydrogens (tertiary/aromatic N) is 2. The summed E-state index contributed by atoms with van der Waals surface area (Å²) in [5.41, 5.74) is 3.77. The number of hydrogen-bond donors (Lipinski definition) is 2. The monoisotopic (exact) mass is 561 g/mol. The minimum atomic E-state index is -1.04. The molecule has 1 atom stereocenters. The van der Waals surface area contributed by atoms with E-state index in [1.807, 2.05) is 36.4 Å². The molecule has 6 nitrogen and oxygen atoms in total. The van der Waals surface area contributed by atoms with Gasteiger partial charge < -0.3 is 10.4 Å². The van der Waals surface area contributed by atoms with Crippen molar-refractivity contribution >= 4 is 28.2 Å². The van der Waals surface area contributed by atoms with Crippen molar-refractivity contribution in [2.45, 2.75) is 19.4 Å². The van der Waals surface area contributed by atoms with E-state index >= 15 is 0 Å². The number of rotatable bonds is 7. The third kappa shape index (κ3) is 5.22. The summed E-state index contributed by atoms with van der Waals surface area (Å²) >= 11 is 0. The van der Waals surface area contributed by atoms with E-state index in [4.69, 9.17) is 0 Å². The number of benzene rings is 4. The smallest absolute Gasteiger partial charge is 0.335 e. The number of carbonyl (C=O) groups is 2. The SMILES string of the molecule is C[C@H](NC(=O)c1cc(-c2cc(F)ccc2F)cn2ncc(Cc3ccc4ccccc4c3)c12)c1ccc(C(=O)O)cc1. The number of aromatic carboxylic acids is 1. The maximum absolute atomic E-state index is 14.8. The van der Waals surface area contributed by atoms with Crippen LogP contribution < -0.4 is 5.32 Å². The van der Waals surface area contributed by atoms with Crippen LogP contribution in [0.4, 0.5) is 8.78 Å². The van der Waals surface area contributed by atoms with Gasteiger partial charge in [0.25, 0.3) is 5.91 Å². The van der Waals surface area contributed by atoms with Gasteiger partial charge >= 0.3 is 5.97 Å². The molecule has 0 unspecified atom stereocenters. The molecule has 0 saturated heterocycles. The zero-order valence-electron chi connectivity index (χ0n) is 22.5. The normalized spacial score (nSPS) is 12.0. The predicted octanol–water partition coefficient (Wildman–Crippen LogP) is 7.21. The lowest BCUT2D eigenvalue weighted by Gasteiger charge is -2.17. The van der Waals surface area contributed by atoms with E-state index in [2.05, 4.69) is 16.5 Å². The molecule has 0 aliphatic heterocycles. The Bertz CT molecular complexity index is 1980. The summed E-state index contributed by atoms with van der Waals surface area (Å²) < 4.78 is 30.4. The second-order valence-corrected chi connectivity index (χ2v) is 10.2. The van der Waals surface area contributed by atoms with Crippen molar-refractivity contribution in [3.63, 3.8) is 0 Å². The summed E-state index contributed by atoms with van der Waals surface area (Å²) in [7, 11) is 0. The lowest BCUT2D eigenvalue weighted by atomic mass is 9.98. The molecule has 0 radical (unpaired) electrons. The van der Waals surface area contributed by atoms with Crippen molar-refractivity contribution in [1.29, 1.82) is 0 Å². The summed E-state index contributed by atoms with van der Waals surface area (Å²) in [6.45, 7) is 1.79. The Labute approximate surface area is 239 Å². The number of aromatic nitrogens is 2. The predicted molar refractivity (Wildman–Crippen MR) is 157 cm³/mol. The molecule has 0 aliphatic carbocycles. The van der Waals surface area contributed by atoms with Gasteiger partial charge in [0, 0.05) is 29.3 Å². The number of nitrogens with one attached hydrogen (secondary N) is 1. The summed E-state index contributed by atoms with van der Waals surface area (Å²) in [4.78, 5) is 25.1. The van der Waals surface area contributed by atoms with E-state index in [1.54, 1.807) is 37.5 Å². The molecule has 8 heteroatoms. The van der Waals surface area contributed by atoms with Crippen molar-refractivity contribution < 1.29 is 23.5 Å². The number of pyridine rings is 1. The van der Waals surface area contributed by atoms with Gasteiger partial charge in [0.15, 0.2) is 0 Å². The first kappa shape index (κ1) is 26.8. The standard InChI is InChI=1S/C34H25F2N3O3/c1-20(22-8-10-24(11-9-22)34(41)42)38-33(40)30-16-27(29-17-28(35)12-13-31(29)36)19-39-32(30)26(18-37-39)15-21-6-7-23-4-2-3-5-25(23)14-21/h2-14,16-20H,15H2,1H3,(H,38,40)(H,41,42)/t20-/m0/s1. The molecule has 4 aromatic carbocycles. The number of halogens is 2. The molecule has 6 rings (SSSR count). The minimum Gasteiger partial charge on any atom is -0.478 e. The molecule has 0 bridgehead atoms. The van der Waals surface area contributed by atoms with Crippen LogP contribution in [0.5, 0.6) is 0 Å². The molecule has 0 saturated carbocycles. The Hall–Kier alpha value is -5.37. The fourth-order valence-corrected chi connectivity index (χ4v) is 5.19. The van der Waals surface area contributed by atoms with Gasteiger partial charge in [0.1, 0.15) is 11.6 Å². The third-order valence-electron chi connectivity index (χ3n) is 7.39. The van der Waals surface area contributed by atoms with Gasteiger partial charge in [-0.15, -0.1) is 0 Å². The molecule has 208 valence electrons. The van der Waals surface area contributed by atoms with Crippen LogP contribution in [-0.4, -0.2) is 26.6 Å². The lowest BCUT2D eigenvalue weighted by molar-refractivity contribution is 0.0696. The maximum atomic E-state index is 14.8. The molecule has 1 amide bonds. The van der Waals surface area contributed by atoms with Gasteiger partial charge in [-0.3, -0.25) is 4.79 Å². The Morgan fingerprint density at radius 2 is 1.69 bits per heavy atom. The first-order valence-corrected chi connectivity index (χ1v) is 13.3. The Morgan fingerprint density at radius 3 is 2.45 bits per heavy atom. The number of carboxylic acid groups (broad SMARTS) is 1. The topological polar surface area (TPSA) is 83.7 Å². The van der Waals surface area contributed by atoms with Gasteiger partial charge in [-0.2, -0.15) is 5.10 Å². The minimum absolute atomic E-state index is 0.00911. The molecule has 2 aromatic heterocycles. The van der Waals surface area contributed by atoms with Crippen LogP contribution in [0.2, 0.25) is 0 Å². The van der Waals surface area contributed by atoms with Gasteiger partial charge in [-0.1, -0.05) is 54.6 Å². The number of carbonyl (C=O) groups excluding carboxylic acids is 1. The van der Waals surface area contributed by atoms with E-state index in [1.165, 1.54) is 16.6 Å². The van der Waals surface area contributed by atoms with Gasteiger partial charge in [0.2, 0.25) is 0 Å². The van der Waals surface area contributed by atoms with E-state index in [9.17, 15) is 23.5 Å². The van der Waals surface area contributed by atoms with Crippen LogP contribution in [0.3, 0.4) is 0 Å². The van der Waals surface area contributed by atoms with Gasteiger partial charge in [0.05, 0.1) is 28.9 Å². The van der Waals surface area contributed by atoms with Crippen molar-refractivity contribution in [1.82, 2.24) is 14.9 Å². The highest BCUT2D eigenvalue weighted by Gasteiger charge is 2.21. The zero-order chi connectivity index (χ0) is 29.4. The average Bonchev–Trinajstić information content (AvgIpc) is 3.40. The molecule has 0 fully saturated rings. The number of hydrogen-bond acceptors (Lipinski definition) is 3. The molecule has 2 heterocycles. The molecular weight excluding hydrogens is 536 g/mol. The number of carboxylic acids is 1. The molecule has 42 heavy (non-hydrogen) atoms. The van der Waals surface area contributed by atoms with Gasteiger partial charge in [-0.25, -0.2) is 18.1 Å². The highest BCUT2D eigenvalue weighted by Crippen LogP contribution is 2.30. The molecular formula is C34H25F2N3O3. The molecule has 0 aliphatic rings. The summed E-state index contributed by atoms with van der Waals surface area (Å²) in [5, 5.41) is 18.9. The fraction of sp³-hybridized carbons (Fsp3) is 0.0882. The van der Waals surface area contributed by atoms with Crippen LogP contribution >= 0.6 is 0 Å². The maximum Gasteiger partial charge on any atom is 0.335 e. The van der Waals surface area contributed by atoms with Crippen LogP contribution in [0.25, 0.3) is 27.4 Å². The van der Waals surface area contributed by atoms with Crippen molar-refractivity contribution in [2.75, 3.05) is 0 Å². The Morgan fingerprint density at radius 1 is 0.929 bits per heavy atom. The highest BCUT2D eigenvalue weighted by molar-refractivity contribution is 6.03. The van der Waals surface area contributed by atoms with Crippen molar-refractivity contribution in [3.05, 3.63) is 143 Å². The van der Waals surface area contributed by atoms with E-state index in [-0.39, 0.29) is 16.7 Å². The molecule has 6 aromatic rings. The van der Waals surface area contributed by atoms with Crippen LogP contribution in [0.1, 0.15) is 50.4 Å². The van der Waals surface area contributed by atoms with Crippen LogP contribution in [0.15, 0.2) is 103 Å². The third-order valence-corrected chi connectivity index (χ3v) is 7.39. The van der Waals surface area contributed by atoms with Crippen LogP contribution in [-0.2, 0) is 6.42 Å². The quantitative estimate of drug-likeness (QED) is 0.216. The number of amides is 1. The molecule has 0 spiro atoms. The second-order valence-electron chi connectivity index (χ2n) is 10.2. The largest absolute Gasteiger partial charge is 0.478 e. The van der Waals surface area contributed by atoms with E-state index in [0.29, 0.717) is 23.1 Å². The Kier molecular flexibility index (Phi) is 6.96. The summed E-state index contributed by atoms with van der Waals surface area (Å²) in [6.07, 6.45) is 3.76. The van der Waals surface area contributed by atoms with Crippen molar-refractivity contribution in [2.24, 2.45) is 0 Å². The first-order valence-electron chi connectivity index (χ1n) is 13.3. The van der Waals surface area contributed by atoms with Crippen LogP contribution in [0, 0.1) is 11.6 Å². The summed E-state index contributed by atoms with van der Waals surface area (Å²) in [6, 6.07) is 24.7. The Balaban J connectivity index is 1.42. The zero-order valence-corrected chi connectivity index (χ0v) is 22.5. The van der Waals surface area contributed by atoms with Gasteiger partial charge in [-0.05, 0) is 65.2 Å². The van der Waals surface area contributed by atoms with Crippen molar-refractivity contribution in [3.8, 4) is 11.1 Å². The average molecular weight is 562 g/mol. The number of fused-ring (bicyclic) bond motifs is 2. The fourth-order valence-electron chi connectivity index (χ4n) is 5.19. The summed E-state index contributed by atoms with van der Waals surface area (Å²) in [5.74, 6) is -2.71. The second kappa shape index (κ2) is 10.9. The van der Waals surface area contributed by atoms with E-state index < -0.39 is 29.6 Å². The highest BCUT2D eigenvalue weighted by atomic mass is 19.1. The molecule has 2 N–H and O–H groups in total. The lowest BCUT2D eigenvalue weighted by Crippen LogP contribution is -2.27.